The van der Waals surface area contributed by atoms with E-state index in [1.807, 2.05) is 65.6 Å². The number of carbonyl (C=O) groups is 3. The van der Waals surface area contributed by atoms with Crippen LogP contribution >= 0.6 is 0 Å². The van der Waals surface area contributed by atoms with E-state index in [0.29, 0.717) is 25.7 Å². The lowest BCUT2D eigenvalue weighted by Gasteiger charge is -2.43. The Hall–Kier alpha value is -3.23. The van der Waals surface area contributed by atoms with Crippen LogP contribution in [0.1, 0.15) is 57.1 Å². The number of nitrogens with zero attached hydrogens (tertiary/aromatic N) is 1. The van der Waals surface area contributed by atoms with Crippen molar-refractivity contribution in [1.29, 1.82) is 0 Å². The van der Waals surface area contributed by atoms with Crippen LogP contribution in [-0.4, -0.2) is 53.3 Å². The van der Waals surface area contributed by atoms with Gasteiger partial charge in [-0.1, -0.05) is 67.1 Å². The van der Waals surface area contributed by atoms with Gasteiger partial charge in [-0.2, -0.15) is 0 Å². The van der Waals surface area contributed by atoms with Crippen molar-refractivity contribution in [2.75, 3.05) is 6.61 Å². The van der Waals surface area contributed by atoms with Gasteiger partial charge in [0, 0.05) is 6.42 Å². The molecule has 2 aliphatic rings. The van der Waals surface area contributed by atoms with Gasteiger partial charge >= 0.3 is 12.1 Å². The second-order valence-corrected chi connectivity index (χ2v) is 10.2. The number of Topliss-reactive ketones (excluding diaryl/α,β-unsaturated/α-hetero) is 1. The zero-order valence-corrected chi connectivity index (χ0v) is 22.2. The fourth-order valence-corrected chi connectivity index (χ4v) is 6.18. The van der Waals surface area contributed by atoms with Crippen LogP contribution in [0.3, 0.4) is 0 Å². The lowest BCUT2D eigenvalue weighted by atomic mass is 9.80. The molecule has 0 spiro atoms. The van der Waals surface area contributed by atoms with Crippen LogP contribution in [0.15, 0.2) is 60.7 Å². The van der Waals surface area contributed by atoms with Gasteiger partial charge in [-0.25, -0.2) is 9.69 Å². The van der Waals surface area contributed by atoms with E-state index in [4.69, 9.17) is 19.9 Å². The molecule has 5 atom stereocenters. The molecule has 0 aromatic heterocycles. The highest BCUT2D eigenvalue weighted by atomic mass is 16.7. The molecular weight excluding hydrogens is 484 g/mol. The van der Waals surface area contributed by atoms with Crippen LogP contribution in [0.2, 0.25) is 0 Å². The molecular formula is C30H38N2O6. The number of likely N-dealkylation sites (tertiary alicyclic amines) is 1. The second kappa shape index (κ2) is 12.5. The largest absolute Gasteiger partial charge is 0.510 e. The predicted octanol–water partition coefficient (Wildman–Crippen LogP) is 4.39. The average molecular weight is 523 g/mol. The van der Waals surface area contributed by atoms with Gasteiger partial charge in [-0.3, -0.25) is 9.59 Å². The molecule has 2 N–H and O–H groups in total. The third-order valence-electron chi connectivity index (χ3n) is 7.76. The summed E-state index contributed by atoms with van der Waals surface area (Å²) in [5.41, 5.74) is 7.07. The smallest absolute Gasteiger partial charge is 0.465 e. The number of carbonyl (C=O) groups excluding carboxylic acids is 3. The molecule has 1 aliphatic heterocycles. The SMILES string of the molecule is CCOC(=O)C(CCc1ccccc1)N1[C@@H](OC(=O)OCc2ccccc2)C[C@@H]2CCC[C@@]21C(=O)C(C)N. The quantitative estimate of drug-likeness (QED) is 0.433. The fourth-order valence-electron chi connectivity index (χ4n) is 6.18. The number of esters is 1. The highest BCUT2D eigenvalue weighted by Crippen LogP contribution is 2.52. The molecule has 2 fully saturated rings. The molecule has 8 nitrogen and oxygen atoms in total. The van der Waals surface area contributed by atoms with E-state index in [-0.39, 0.29) is 24.9 Å². The molecule has 0 radical (unpaired) electrons. The minimum absolute atomic E-state index is 0.0645. The van der Waals surface area contributed by atoms with Crippen molar-refractivity contribution in [1.82, 2.24) is 4.90 Å². The Morgan fingerprint density at radius 1 is 1.03 bits per heavy atom. The van der Waals surface area contributed by atoms with Crippen LogP contribution in [0.5, 0.6) is 0 Å². The van der Waals surface area contributed by atoms with E-state index < -0.39 is 36.0 Å². The molecule has 1 aliphatic carbocycles. The lowest BCUT2D eigenvalue weighted by Crippen LogP contribution is -2.63. The van der Waals surface area contributed by atoms with Gasteiger partial charge in [0.2, 0.25) is 0 Å². The van der Waals surface area contributed by atoms with Crippen molar-refractivity contribution in [3.63, 3.8) is 0 Å². The van der Waals surface area contributed by atoms with Gasteiger partial charge in [0.15, 0.2) is 12.0 Å². The summed E-state index contributed by atoms with van der Waals surface area (Å²) in [7, 11) is 0. The predicted molar refractivity (Wildman–Crippen MR) is 142 cm³/mol. The van der Waals surface area contributed by atoms with Gasteiger partial charge in [-0.15, -0.1) is 0 Å². The van der Waals surface area contributed by atoms with Crippen LogP contribution < -0.4 is 5.73 Å². The molecule has 8 heteroatoms. The summed E-state index contributed by atoms with van der Waals surface area (Å²) in [4.78, 5) is 41.9. The third-order valence-corrected chi connectivity index (χ3v) is 7.76. The van der Waals surface area contributed by atoms with Gasteiger partial charge in [0.1, 0.15) is 12.6 Å². The first-order valence-corrected chi connectivity index (χ1v) is 13.5. The second-order valence-electron chi connectivity index (χ2n) is 10.2. The Balaban J connectivity index is 1.63. The van der Waals surface area contributed by atoms with E-state index in [0.717, 1.165) is 24.0 Å². The summed E-state index contributed by atoms with van der Waals surface area (Å²) < 4.78 is 16.8. The highest BCUT2D eigenvalue weighted by Gasteiger charge is 2.64. The van der Waals surface area contributed by atoms with Crippen molar-refractivity contribution < 1.29 is 28.6 Å². The molecule has 4 rings (SSSR count). The van der Waals surface area contributed by atoms with Crippen LogP contribution in [-0.2, 0) is 36.8 Å². The van der Waals surface area contributed by atoms with Crippen LogP contribution in [0, 0.1) is 5.92 Å². The molecule has 2 aromatic carbocycles. The first-order valence-electron chi connectivity index (χ1n) is 13.5. The fraction of sp³-hybridized carbons (Fsp3) is 0.500. The molecule has 2 aromatic rings. The molecule has 1 heterocycles. The number of hydrogen-bond acceptors (Lipinski definition) is 8. The number of benzene rings is 2. The maximum atomic E-state index is 13.8. The van der Waals surface area contributed by atoms with E-state index in [9.17, 15) is 14.4 Å². The van der Waals surface area contributed by atoms with Gasteiger partial charge in [-0.05, 0) is 56.6 Å². The summed E-state index contributed by atoms with van der Waals surface area (Å²) in [5, 5.41) is 0. The number of hydrogen-bond donors (Lipinski definition) is 1. The Bertz CT molecular complexity index is 1090. The third kappa shape index (κ3) is 5.92. The van der Waals surface area contributed by atoms with Gasteiger partial charge in [0.05, 0.1) is 18.2 Å². The number of rotatable bonds is 11. The van der Waals surface area contributed by atoms with E-state index in [2.05, 4.69) is 0 Å². The number of ketones is 1. The first-order chi connectivity index (χ1) is 18.4. The van der Waals surface area contributed by atoms with Crippen molar-refractivity contribution in [2.45, 2.75) is 82.8 Å². The topological polar surface area (TPSA) is 108 Å². The zero-order valence-electron chi connectivity index (χ0n) is 22.2. The first kappa shape index (κ1) is 27.8. The number of aryl methyl sites for hydroxylation is 1. The van der Waals surface area contributed by atoms with Crippen molar-refractivity contribution >= 4 is 17.9 Å². The van der Waals surface area contributed by atoms with E-state index in [1.165, 1.54) is 0 Å². The number of nitrogens with two attached hydrogens (primary N) is 1. The standard InChI is InChI=1S/C30H38N2O6/c1-3-36-28(34)25(17-16-22-11-6-4-7-12-22)32-26(38-29(35)37-20-23-13-8-5-9-14-23)19-24-15-10-18-30(24,32)27(33)21(2)31/h4-9,11-14,21,24-26H,3,10,15-20,31H2,1-2H3/t21?,24-,25?,26-,30-/m0/s1. The molecule has 38 heavy (non-hydrogen) atoms. The summed E-state index contributed by atoms with van der Waals surface area (Å²) in [6, 6.07) is 17.7. The summed E-state index contributed by atoms with van der Waals surface area (Å²) in [5.74, 6) is -0.640. The summed E-state index contributed by atoms with van der Waals surface area (Å²) in [6.07, 6.45) is 1.97. The number of fused-ring (bicyclic) bond motifs is 1. The van der Waals surface area contributed by atoms with Crippen LogP contribution in [0.4, 0.5) is 4.79 Å². The minimum atomic E-state index is -0.993. The molecule has 0 amide bonds. The zero-order chi connectivity index (χ0) is 27.1. The molecule has 0 bridgehead atoms. The van der Waals surface area contributed by atoms with Crippen molar-refractivity contribution in [2.24, 2.45) is 11.7 Å². The Labute approximate surface area is 224 Å². The van der Waals surface area contributed by atoms with E-state index >= 15 is 0 Å². The number of ether oxygens (including phenoxy) is 3. The molecule has 1 saturated carbocycles. The minimum Gasteiger partial charge on any atom is -0.465 e. The Morgan fingerprint density at radius 3 is 2.32 bits per heavy atom. The van der Waals surface area contributed by atoms with Crippen molar-refractivity contribution in [3.8, 4) is 0 Å². The summed E-state index contributed by atoms with van der Waals surface area (Å²) >= 11 is 0. The average Bonchev–Trinajstić information content (AvgIpc) is 3.46. The maximum Gasteiger partial charge on any atom is 0.510 e. The molecule has 1 saturated heterocycles. The van der Waals surface area contributed by atoms with E-state index in [1.54, 1.807) is 13.8 Å². The van der Waals surface area contributed by atoms with Crippen molar-refractivity contribution in [3.05, 3.63) is 71.8 Å². The Morgan fingerprint density at radius 2 is 1.68 bits per heavy atom. The Kier molecular flexibility index (Phi) is 9.17. The highest BCUT2D eigenvalue weighted by molar-refractivity contribution is 5.94. The van der Waals surface area contributed by atoms with Gasteiger partial charge < -0.3 is 19.9 Å². The van der Waals surface area contributed by atoms with Crippen LogP contribution in [0.25, 0.3) is 0 Å². The molecule has 2 unspecified atom stereocenters. The maximum absolute atomic E-state index is 13.8. The normalized spacial score (nSPS) is 24.3. The van der Waals surface area contributed by atoms with Gasteiger partial charge in [0.25, 0.3) is 0 Å². The molecule has 204 valence electrons. The lowest BCUT2D eigenvalue weighted by molar-refractivity contribution is -0.163. The summed E-state index contributed by atoms with van der Waals surface area (Å²) in [6.45, 7) is 3.70. The monoisotopic (exact) mass is 522 g/mol.